The lowest BCUT2D eigenvalue weighted by molar-refractivity contribution is -0.122. The fraction of sp³-hybridized carbons (Fsp3) is 0.179. The summed E-state index contributed by atoms with van der Waals surface area (Å²) >= 11 is 3.33. The van der Waals surface area contributed by atoms with E-state index in [-0.39, 0.29) is 5.57 Å². The van der Waals surface area contributed by atoms with Crippen molar-refractivity contribution in [3.05, 3.63) is 87.9 Å². The predicted molar refractivity (Wildman–Crippen MR) is 143 cm³/mol. The number of rotatable bonds is 9. The highest BCUT2D eigenvalue weighted by Crippen LogP contribution is 2.30. The third-order valence-corrected chi connectivity index (χ3v) is 5.99. The van der Waals surface area contributed by atoms with Crippen LogP contribution in [0.2, 0.25) is 0 Å². The number of urea groups is 1. The third kappa shape index (κ3) is 6.18. The molecular formula is C28H25BrN2O6. The van der Waals surface area contributed by atoms with Crippen molar-refractivity contribution >= 4 is 45.5 Å². The minimum absolute atomic E-state index is 0.176. The van der Waals surface area contributed by atoms with Crippen molar-refractivity contribution in [3.8, 4) is 17.2 Å². The van der Waals surface area contributed by atoms with Gasteiger partial charge in [-0.25, -0.2) is 9.69 Å². The van der Waals surface area contributed by atoms with Gasteiger partial charge in [0.05, 0.1) is 12.3 Å². The first-order valence-electron chi connectivity index (χ1n) is 11.6. The van der Waals surface area contributed by atoms with Crippen LogP contribution in [0.3, 0.4) is 0 Å². The number of amides is 4. The summed E-state index contributed by atoms with van der Waals surface area (Å²) in [4.78, 5) is 39.0. The van der Waals surface area contributed by atoms with Gasteiger partial charge in [0.2, 0.25) is 0 Å². The van der Waals surface area contributed by atoms with E-state index >= 15 is 0 Å². The topological polar surface area (TPSA) is 94.2 Å². The number of hydrogen-bond donors (Lipinski definition) is 1. The lowest BCUT2D eigenvalue weighted by Gasteiger charge is -2.26. The molecule has 0 aromatic heterocycles. The first-order valence-corrected chi connectivity index (χ1v) is 12.4. The summed E-state index contributed by atoms with van der Waals surface area (Å²) in [6, 6.07) is 18.6. The van der Waals surface area contributed by atoms with Crippen LogP contribution < -0.4 is 24.4 Å². The second kappa shape index (κ2) is 11.7. The number of carbonyl (C=O) groups excluding carboxylic acids is 3. The lowest BCUT2D eigenvalue weighted by atomic mass is 10.1. The maximum Gasteiger partial charge on any atom is 0.335 e. The van der Waals surface area contributed by atoms with Crippen molar-refractivity contribution in [2.45, 2.75) is 13.8 Å². The number of nitrogens with one attached hydrogen (secondary N) is 1. The summed E-state index contributed by atoms with van der Waals surface area (Å²) in [6.45, 7) is 4.84. The molecule has 190 valence electrons. The van der Waals surface area contributed by atoms with Crippen molar-refractivity contribution in [1.29, 1.82) is 0 Å². The lowest BCUT2D eigenvalue weighted by Crippen LogP contribution is -2.54. The zero-order valence-electron chi connectivity index (χ0n) is 20.3. The number of anilines is 1. The molecule has 1 heterocycles. The van der Waals surface area contributed by atoms with Crippen molar-refractivity contribution < 1.29 is 28.6 Å². The molecule has 3 aromatic carbocycles. The van der Waals surface area contributed by atoms with Gasteiger partial charge in [0, 0.05) is 4.47 Å². The average Bonchev–Trinajstić information content (AvgIpc) is 2.87. The molecule has 4 amide bonds. The van der Waals surface area contributed by atoms with Gasteiger partial charge in [0.15, 0.2) is 11.5 Å². The summed E-state index contributed by atoms with van der Waals surface area (Å²) in [5, 5.41) is 2.22. The van der Waals surface area contributed by atoms with Crippen molar-refractivity contribution in [2.24, 2.45) is 0 Å². The van der Waals surface area contributed by atoms with E-state index in [0.717, 1.165) is 20.7 Å². The minimum atomic E-state index is -0.804. The molecule has 0 radical (unpaired) electrons. The number of imide groups is 2. The van der Waals surface area contributed by atoms with Crippen LogP contribution in [0.25, 0.3) is 6.08 Å². The van der Waals surface area contributed by atoms with Gasteiger partial charge in [0.25, 0.3) is 11.8 Å². The van der Waals surface area contributed by atoms with Crippen LogP contribution >= 0.6 is 15.9 Å². The molecule has 1 fully saturated rings. The molecule has 37 heavy (non-hydrogen) atoms. The molecule has 1 saturated heterocycles. The van der Waals surface area contributed by atoms with Gasteiger partial charge in [-0.3, -0.25) is 14.9 Å². The van der Waals surface area contributed by atoms with E-state index in [4.69, 9.17) is 14.2 Å². The Bertz CT molecular complexity index is 1350. The number of para-hydroxylation sites is 1. The van der Waals surface area contributed by atoms with Crippen LogP contribution in [0.15, 0.2) is 76.8 Å². The summed E-state index contributed by atoms with van der Waals surface area (Å²) < 4.78 is 18.2. The highest BCUT2D eigenvalue weighted by Gasteiger charge is 2.36. The summed E-state index contributed by atoms with van der Waals surface area (Å²) in [6.07, 6.45) is 1.42. The van der Waals surface area contributed by atoms with Gasteiger partial charge >= 0.3 is 6.03 Å². The number of benzene rings is 3. The Kier molecular flexibility index (Phi) is 8.25. The molecule has 3 aromatic rings. The standard InChI is InChI=1S/C28H25BrN2O6/c1-3-35-25-17-19(8-13-24(25)37-15-14-36-23-7-5-4-6-18(23)2)16-22-26(32)30-28(34)31(27(22)33)21-11-9-20(29)10-12-21/h4-13,16-17H,3,14-15H2,1-2H3,(H,30,32,34)/b22-16-. The van der Waals surface area contributed by atoms with Crippen LogP contribution in [-0.2, 0) is 9.59 Å². The Hall–Kier alpha value is -4.11. The Morgan fingerprint density at radius 2 is 1.57 bits per heavy atom. The largest absolute Gasteiger partial charge is 0.490 e. The maximum absolute atomic E-state index is 13.1. The Morgan fingerprint density at radius 3 is 2.27 bits per heavy atom. The highest BCUT2D eigenvalue weighted by molar-refractivity contribution is 9.10. The summed E-state index contributed by atoms with van der Waals surface area (Å²) in [5.74, 6) is 0.266. The maximum atomic E-state index is 13.1. The van der Waals surface area contributed by atoms with Crippen LogP contribution in [-0.4, -0.2) is 37.7 Å². The van der Waals surface area contributed by atoms with E-state index in [9.17, 15) is 14.4 Å². The third-order valence-electron chi connectivity index (χ3n) is 5.46. The molecule has 8 nitrogen and oxygen atoms in total. The first kappa shape index (κ1) is 26.0. The quantitative estimate of drug-likeness (QED) is 0.216. The molecule has 0 spiro atoms. The number of nitrogens with zero attached hydrogens (tertiary/aromatic N) is 1. The van der Waals surface area contributed by atoms with Crippen LogP contribution in [0, 0.1) is 6.92 Å². The number of halogens is 1. The summed E-state index contributed by atoms with van der Waals surface area (Å²) in [7, 11) is 0. The first-order chi connectivity index (χ1) is 17.9. The van der Waals surface area contributed by atoms with Crippen molar-refractivity contribution in [3.63, 3.8) is 0 Å². The predicted octanol–water partition coefficient (Wildman–Crippen LogP) is 5.28. The van der Waals surface area contributed by atoms with Crippen LogP contribution in [0.5, 0.6) is 17.2 Å². The van der Waals surface area contributed by atoms with Gasteiger partial charge < -0.3 is 14.2 Å². The van der Waals surface area contributed by atoms with E-state index in [1.54, 1.807) is 42.5 Å². The SMILES string of the molecule is CCOc1cc(/C=C2/C(=O)NC(=O)N(c3ccc(Br)cc3)C2=O)ccc1OCCOc1ccccc1C. The number of aryl methyl sites for hydroxylation is 1. The number of barbiturate groups is 1. The van der Waals surface area contributed by atoms with Gasteiger partial charge in [0.1, 0.15) is 24.5 Å². The second-order valence-corrected chi connectivity index (χ2v) is 8.95. The molecular weight excluding hydrogens is 540 g/mol. The molecule has 0 saturated carbocycles. The molecule has 1 aliphatic rings. The van der Waals surface area contributed by atoms with Crippen LogP contribution in [0.4, 0.5) is 10.5 Å². The molecule has 0 unspecified atom stereocenters. The van der Waals surface area contributed by atoms with Crippen molar-refractivity contribution in [2.75, 3.05) is 24.7 Å². The van der Waals surface area contributed by atoms with Gasteiger partial charge in [-0.2, -0.15) is 0 Å². The van der Waals surface area contributed by atoms with E-state index < -0.39 is 17.8 Å². The Labute approximate surface area is 223 Å². The van der Waals surface area contributed by atoms with E-state index in [1.165, 1.54) is 6.08 Å². The zero-order chi connectivity index (χ0) is 26.4. The normalized spacial score (nSPS) is 14.5. The van der Waals surface area contributed by atoms with Gasteiger partial charge in [-0.1, -0.05) is 40.2 Å². The van der Waals surface area contributed by atoms with E-state index in [2.05, 4.69) is 21.2 Å². The second-order valence-electron chi connectivity index (χ2n) is 8.04. The Morgan fingerprint density at radius 1 is 0.865 bits per heavy atom. The molecule has 0 aliphatic carbocycles. The van der Waals surface area contributed by atoms with Crippen LogP contribution in [0.1, 0.15) is 18.1 Å². The zero-order valence-corrected chi connectivity index (χ0v) is 21.9. The fourth-order valence-electron chi connectivity index (χ4n) is 3.67. The molecule has 4 rings (SSSR count). The van der Waals surface area contributed by atoms with E-state index in [0.29, 0.717) is 42.6 Å². The fourth-order valence-corrected chi connectivity index (χ4v) is 3.94. The molecule has 0 atom stereocenters. The van der Waals surface area contributed by atoms with Crippen molar-refractivity contribution in [1.82, 2.24) is 5.32 Å². The number of carbonyl (C=O) groups is 3. The number of hydrogen-bond acceptors (Lipinski definition) is 6. The molecule has 0 bridgehead atoms. The van der Waals surface area contributed by atoms with Gasteiger partial charge in [-0.15, -0.1) is 0 Å². The monoisotopic (exact) mass is 564 g/mol. The summed E-state index contributed by atoms with van der Waals surface area (Å²) in [5.41, 5.74) is 1.74. The number of ether oxygens (including phenoxy) is 3. The Balaban J connectivity index is 1.51. The highest BCUT2D eigenvalue weighted by atomic mass is 79.9. The van der Waals surface area contributed by atoms with E-state index in [1.807, 2.05) is 38.1 Å². The molecule has 1 aliphatic heterocycles. The average molecular weight is 565 g/mol. The minimum Gasteiger partial charge on any atom is -0.490 e. The van der Waals surface area contributed by atoms with Gasteiger partial charge in [-0.05, 0) is 73.5 Å². The molecule has 1 N–H and O–H groups in total. The smallest absolute Gasteiger partial charge is 0.335 e. The molecule has 9 heteroatoms.